The van der Waals surface area contributed by atoms with Crippen molar-refractivity contribution in [3.63, 3.8) is 0 Å². The van der Waals surface area contributed by atoms with Crippen LogP contribution in [0.2, 0.25) is 0 Å². The third-order valence-corrected chi connectivity index (χ3v) is 5.60. The van der Waals surface area contributed by atoms with Gasteiger partial charge in [-0.2, -0.15) is 5.26 Å². The van der Waals surface area contributed by atoms with E-state index < -0.39 is 17.9 Å². The van der Waals surface area contributed by atoms with E-state index in [0.29, 0.717) is 11.3 Å². The van der Waals surface area contributed by atoms with Crippen LogP contribution in [0.4, 0.5) is 5.69 Å². The van der Waals surface area contributed by atoms with Crippen LogP contribution in [0.15, 0.2) is 95.5 Å². The van der Waals surface area contributed by atoms with Gasteiger partial charge >= 0.3 is 11.9 Å². The van der Waals surface area contributed by atoms with Crippen LogP contribution in [0.5, 0.6) is 0 Å². The molecule has 1 aliphatic heterocycles. The summed E-state index contributed by atoms with van der Waals surface area (Å²) in [6, 6.07) is 24.2. The van der Waals surface area contributed by atoms with Gasteiger partial charge in [-0.15, -0.1) is 0 Å². The molecule has 7 nitrogen and oxygen atoms in total. The number of hydrogen-bond donors (Lipinski definition) is 1. The van der Waals surface area contributed by atoms with Gasteiger partial charge in [-0.25, -0.2) is 9.59 Å². The summed E-state index contributed by atoms with van der Waals surface area (Å²) in [4.78, 5) is 27.5. The van der Waals surface area contributed by atoms with Crippen molar-refractivity contribution >= 4 is 28.4 Å². The van der Waals surface area contributed by atoms with E-state index in [1.54, 1.807) is 30.3 Å². The Bertz CT molecular complexity index is 1350. The highest BCUT2D eigenvalue weighted by Crippen LogP contribution is 2.43. The number of fused-ring (bicyclic) bond motifs is 1. The van der Waals surface area contributed by atoms with Gasteiger partial charge in [0.15, 0.2) is 0 Å². The predicted octanol–water partition coefficient (Wildman–Crippen LogP) is 3.74. The van der Waals surface area contributed by atoms with E-state index in [1.165, 1.54) is 19.1 Å². The number of anilines is 1. The summed E-state index contributed by atoms with van der Waals surface area (Å²) in [5, 5.41) is 12.0. The highest BCUT2D eigenvalue weighted by molar-refractivity contribution is 6.06. The van der Waals surface area contributed by atoms with Crippen molar-refractivity contribution in [2.75, 3.05) is 19.1 Å². The van der Waals surface area contributed by atoms with E-state index in [1.807, 2.05) is 42.5 Å². The normalized spacial score (nSPS) is 15.9. The van der Waals surface area contributed by atoms with Gasteiger partial charge < -0.3 is 15.2 Å². The summed E-state index contributed by atoms with van der Waals surface area (Å²) in [5.74, 6) is -2.39. The van der Waals surface area contributed by atoms with Gasteiger partial charge in [-0.1, -0.05) is 60.7 Å². The van der Waals surface area contributed by atoms with Crippen LogP contribution in [0.25, 0.3) is 10.8 Å². The molecule has 0 radical (unpaired) electrons. The van der Waals surface area contributed by atoms with E-state index in [0.717, 1.165) is 10.8 Å². The minimum absolute atomic E-state index is 0.0190. The number of methoxy groups -OCH3 is 2. The standard InChI is InChI=1S/C26H21N3O4/c1-32-25(30)22-21(17-9-4-3-5-10-17)20(15-27)24(28)29(23(22)26(31)33-2)19-13-12-16-8-6-7-11-18(16)14-19/h3-14,21H,28H2,1-2H3. The Labute approximate surface area is 190 Å². The molecule has 1 heterocycles. The molecule has 1 unspecified atom stereocenters. The maximum Gasteiger partial charge on any atom is 0.355 e. The lowest BCUT2D eigenvalue weighted by molar-refractivity contribution is -0.139. The van der Waals surface area contributed by atoms with Crippen LogP contribution in [0.1, 0.15) is 11.5 Å². The van der Waals surface area contributed by atoms with Gasteiger partial charge in [-0.05, 0) is 28.5 Å². The molecule has 7 heteroatoms. The Kier molecular flexibility index (Phi) is 5.83. The molecule has 0 saturated heterocycles. The first-order valence-electron chi connectivity index (χ1n) is 10.2. The minimum atomic E-state index is -0.894. The summed E-state index contributed by atoms with van der Waals surface area (Å²) in [6.45, 7) is 0. The fourth-order valence-electron chi connectivity index (χ4n) is 4.10. The summed E-state index contributed by atoms with van der Waals surface area (Å²) >= 11 is 0. The number of nitriles is 1. The lowest BCUT2D eigenvalue weighted by Crippen LogP contribution is -2.40. The number of carbonyl (C=O) groups excluding carboxylic acids is 2. The highest BCUT2D eigenvalue weighted by Gasteiger charge is 2.42. The second-order valence-corrected chi connectivity index (χ2v) is 7.37. The van der Waals surface area contributed by atoms with Crippen molar-refractivity contribution in [1.82, 2.24) is 0 Å². The SMILES string of the molecule is COC(=O)C1=C(C(=O)OC)N(c2ccc3ccccc3c2)C(N)=C(C#N)C1c1ccccc1. The first-order chi connectivity index (χ1) is 16.0. The average Bonchev–Trinajstić information content (AvgIpc) is 2.87. The minimum Gasteiger partial charge on any atom is -0.466 e. The molecule has 0 aromatic heterocycles. The summed E-state index contributed by atoms with van der Waals surface area (Å²) in [6.07, 6.45) is 0. The fourth-order valence-corrected chi connectivity index (χ4v) is 4.10. The van der Waals surface area contributed by atoms with Gasteiger partial charge in [0.2, 0.25) is 0 Å². The Morgan fingerprint density at radius 3 is 2.18 bits per heavy atom. The number of rotatable bonds is 4. The maximum absolute atomic E-state index is 13.1. The number of nitrogens with zero attached hydrogens (tertiary/aromatic N) is 2. The third kappa shape index (κ3) is 3.68. The molecular weight excluding hydrogens is 418 g/mol. The van der Waals surface area contributed by atoms with Crippen molar-refractivity contribution in [1.29, 1.82) is 5.26 Å². The van der Waals surface area contributed by atoms with Crippen molar-refractivity contribution < 1.29 is 19.1 Å². The zero-order valence-corrected chi connectivity index (χ0v) is 18.1. The van der Waals surface area contributed by atoms with Crippen LogP contribution in [0.3, 0.4) is 0 Å². The molecule has 3 aromatic rings. The molecule has 3 aromatic carbocycles. The quantitative estimate of drug-likeness (QED) is 0.617. The molecule has 2 N–H and O–H groups in total. The molecule has 0 amide bonds. The number of hydrogen-bond acceptors (Lipinski definition) is 7. The smallest absolute Gasteiger partial charge is 0.355 e. The van der Waals surface area contributed by atoms with Gasteiger partial charge in [0.05, 0.1) is 37.4 Å². The highest BCUT2D eigenvalue weighted by atomic mass is 16.5. The van der Waals surface area contributed by atoms with Crippen molar-refractivity contribution in [3.05, 3.63) is 101 Å². The molecule has 0 saturated carbocycles. The largest absolute Gasteiger partial charge is 0.466 e. The average molecular weight is 439 g/mol. The summed E-state index contributed by atoms with van der Waals surface area (Å²) < 4.78 is 10.1. The van der Waals surface area contributed by atoms with E-state index in [2.05, 4.69) is 6.07 Å². The van der Waals surface area contributed by atoms with Crippen LogP contribution < -0.4 is 10.6 Å². The first-order valence-corrected chi connectivity index (χ1v) is 10.2. The maximum atomic E-state index is 13.1. The van der Waals surface area contributed by atoms with Gasteiger partial charge in [0, 0.05) is 5.69 Å². The zero-order chi connectivity index (χ0) is 23.5. The van der Waals surface area contributed by atoms with E-state index >= 15 is 0 Å². The molecule has 1 aliphatic rings. The number of allylic oxidation sites excluding steroid dienone is 1. The molecule has 0 aliphatic carbocycles. The number of nitrogens with two attached hydrogens (primary N) is 1. The Hall–Kier alpha value is -4.57. The number of esters is 2. The zero-order valence-electron chi connectivity index (χ0n) is 18.1. The van der Waals surface area contributed by atoms with Crippen LogP contribution in [-0.4, -0.2) is 26.2 Å². The van der Waals surface area contributed by atoms with Gasteiger partial charge in [0.1, 0.15) is 11.5 Å². The number of ether oxygens (including phenoxy) is 2. The molecule has 4 rings (SSSR count). The lowest BCUT2D eigenvalue weighted by atomic mass is 9.81. The molecule has 0 bridgehead atoms. The Morgan fingerprint density at radius 1 is 0.909 bits per heavy atom. The van der Waals surface area contributed by atoms with E-state index in [4.69, 9.17) is 15.2 Å². The molecular formula is C26H21N3O4. The topological polar surface area (TPSA) is 106 Å². The van der Waals surface area contributed by atoms with Gasteiger partial charge in [-0.3, -0.25) is 4.90 Å². The van der Waals surface area contributed by atoms with Crippen LogP contribution >= 0.6 is 0 Å². The second kappa shape index (κ2) is 8.89. The van der Waals surface area contributed by atoms with Crippen LogP contribution in [0, 0.1) is 11.3 Å². The van der Waals surface area contributed by atoms with Crippen LogP contribution in [-0.2, 0) is 19.1 Å². The lowest BCUT2D eigenvalue weighted by Gasteiger charge is -2.36. The third-order valence-electron chi connectivity index (χ3n) is 5.60. The monoisotopic (exact) mass is 439 g/mol. The number of benzene rings is 3. The fraction of sp³-hybridized carbons (Fsp3) is 0.115. The molecule has 164 valence electrons. The second-order valence-electron chi connectivity index (χ2n) is 7.37. The molecule has 1 atom stereocenters. The summed E-state index contributed by atoms with van der Waals surface area (Å²) in [7, 11) is 2.44. The summed E-state index contributed by atoms with van der Waals surface area (Å²) in [5.41, 5.74) is 7.66. The van der Waals surface area contributed by atoms with E-state index in [-0.39, 0.29) is 22.7 Å². The van der Waals surface area contributed by atoms with Crippen molar-refractivity contribution in [2.45, 2.75) is 5.92 Å². The van der Waals surface area contributed by atoms with Crippen molar-refractivity contribution in [3.8, 4) is 6.07 Å². The Balaban J connectivity index is 2.06. The predicted molar refractivity (Wildman–Crippen MR) is 123 cm³/mol. The van der Waals surface area contributed by atoms with Gasteiger partial charge in [0.25, 0.3) is 0 Å². The molecule has 0 spiro atoms. The number of carbonyl (C=O) groups is 2. The molecule has 0 fully saturated rings. The Morgan fingerprint density at radius 2 is 1.55 bits per heavy atom. The van der Waals surface area contributed by atoms with Crippen molar-refractivity contribution in [2.24, 2.45) is 5.73 Å². The molecule has 33 heavy (non-hydrogen) atoms. The first kappa shape index (κ1) is 21.7. The van der Waals surface area contributed by atoms with E-state index in [9.17, 15) is 14.9 Å².